The molecule has 26 heavy (non-hydrogen) atoms. The number of amides is 1. The van der Waals surface area contributed by atoms with E-state index in [1.165, 1.54) is 26.4 Å². The van der Waals surface area contributed by atoms with E-state index in [1.54, 1.807) is 11.0 Å². The van der Waals surface area contributed by atoms with Gasteiger partial charge >= 0.3 is 0 Å². The number of halogens is 1. The smallest absolute Gasteiger partial charge is 0.223 e. The Morgan fingerprint density at radius 2 is 1.77 bits per heavy atom. The van der Waals surface area contributed by atoms with Gasteiger partial charge in [0.05, 0.1) is 24.9 Å². The summed E-state index contributed by atoms with van der Waals surface area (Å²) in [6, 6.07) is 4.47. The van der Waals surface area contributed by atoms with E-state index >= 15 is 0 Å². The summed E-state index contributed by atoms with van der Waals surface area (Å²) < 4.78 is 35.3. The third-order valence-corrected chi connectivity index (χ3v) is 6.75. The number of likely N-dealkylation sites (tertiary alicyclic amines) is 1. The fourth-order valence-electron chi connectivity index (χ4n) is 3.57. The van der Waals surface area contributed by atoms with E-state index < -0.39 is 9.84 Å². The molecule has 0 saturated carbocycles. The molecule has 0 unspecified atom stereocenters. The van der Waals surface area contributed by atoms with Crippen molar-refractivity contribution in [3.8, 4) is 11.5 Å². The molecule has 146 valence electrons. The van der Waals surface area contributed by atoms with Crippen LogP contribution in [0.1, 0.15) is 6.42 Å². The quantitative estimate of drug-likeness (QED) is 0.760. The highest BCUT2D eigenvalue weighted by Gasteiger charge is 2.38. The minimum Gasteiger partial charge on any atom is -0.493 e. The summed E-state index contributed by atoms with van der Waals surface area (Å²) in [6.45, 7) is 3.34. The molecular weight excluding hydrogens is 380 g/mol. The van der Waals surface area contributed by atoms with Crippen LogP contribution in [0.15, 0.2) is 23.1 Å². The Morgan fingerprint density at radius 1 is 1.15 bits per heavy atom. The molecule has 2 heterocycles. The van der Waals surface area contributed by atoms with Gasteiger partial charge in [-0.2, -0.15) is 0 Å². The molecule has 3 rings (SSSR count). The molecular formula is C17H25ClN2O5S. The van der Waals surface area contributed by atoms with Crippen molar-refractivity contribution in [2.24, 2.45) is 11.8 Å². The highest BCUT2D eigenvalue weighted by Crippen LogP contribution is 2.30. The van der Waals surface area contributed by atoms with Crippen LogP contribution in [0.25, 0.3) is 0 Å². The van der Waals surface area contributed by atoms with Gasteiger partial charge in [-0.25, -0.2) is 8.42 Å². The first-order valence-corrected chi connectivity index (χ1v) is 10.0. The number of ether oxygens (including phenoxy) is 2. The van der Waals surface area contributed by atoms with Gasteiger partial charge in [-0.1, -0.05) is 0 Å². The largest absolute Gasteiger partial charge is 0.493 e. The monoisotopic (exact) mass is 404 g/mol. The minimum absolute atomic E-state index is 0. The van der Waals surface area contributed by atoms with Crippen molar-refractivity contribution in [3.63, 3.8) is 0 Å². The predicted octanol–water partition coefficient (Wildman–Crippen LogP) is 0.967. The Kier molecular flexibility index (Phi) is 6.76. The van der Waals surface area contributed by atoms with Gasteiger partial charge in [0.2, 0.25) is 5.91 Å². The summed E-state index contributed by atoms with van der Waals surface area (Å²) in [4.78, 5) is 14.3. The molecule has 1 aromatic rings. The number of nitrogens with one attached hydrogen (secondary N) is 1. The van der Waals surface area contributed by atoms with Crippen LogP contribution in [0.4, 0.5) is 0 Å². The maximum atomic E-state index is 12.5. The van der Waals surface area contributed by atoms with E-state index in [0.29, 0.717) is 23.3 Å². The highest BCUT2D eigenvalue weighted by atomic mass is 35.5. The molecule has 0 bridgehead atoms. The van der Waals surface area contributed by atoms with Gasteiger partial charge in [0, 0.05) is 38.7 Å². The lowest BCUT2D eigenvalue weighted by molar-refractivity contribution is -0.130. The molecule has 0 spiro atoms. The third kappa shape index (κ3) is 4.24. The van der Waals surface area contributed by atoms with Crippen molar-refractivity contribution in [2.75, 3.05) is 46.2 Å². The average molecular weight is 405 g/mol. The molecule has 7 nitrogen and oxygen atoms in total. The SMILES string of the molecule is COc1ccc(S(=O)(=O)CCC(=O)N2C[C@H]3CNC[C@H]3C2)cc1OC.Cl. The lowest BCUT2D eigenvalue weighted by Crippen LogP contribution is -2.32. The number of nitrogens with zero attached hydrogens (tertiary/aromatic N) is 1. The Hall–Kier alpha value is -1.51. The van der Waals surface area contributed by atoms with Crippen molar-refractivity contribution in [1.82, 2.24) is 10.2 Å². The molecule has 0 radical (unpaired) electrons. The third-order valence-electron chi connectivity index (χ3n) is 5.04. The van der Waals surface area contributed by atoms with E-state index in [-0.39, 0.29) is 35.4 Å². The summed E-state index contributed by atoms with van der Waals surface area (Å²) in [6.07, 6.45) is 0.00352. The number of rotatable bonds is 6. The Morgan fingerprint density at radius 3 is 2.35 bits per heavy atom. The van der Waals surface area contributed by atoms with Crippen molar-refractivity contribution in [3.05, 3.63) is 18.2 Å². The lowest BCUT2D eigenvalue weighted by atomic mass is 10.0. The maximum absolute atomic E-state index is 12.5. The van der Waals surface area contributed by atoms with E-state index in [2.05, 4.69) is 5.32 Å². The van der Waals surface area contributed by atoms with Crippen molar-refractivity contribution in [2.45, 2.75) is 11.3 Å². The van der Waals surface area contributed by atoms with Crippen molar-refractivity contribution >= 4 is 28.2 Å². The number of fused-ring (bicyclic) bond motifs is 1. The van der Waals surface area contributed by atoms with Crippen LogP contribution >= 0.6 is 12.4 Å². The van der Waals surface area contributed by atoms with Crippen LogP contribution in [-0.4, -0.2) is 65.4 Å². The number of hydrogen-bond acceptors (Lipinski definition) is 6. The first-order valence-electron chi connectivity index (χ1n) is 8.38. The molecule has 9 heteroatoms. The van der Waals surface area contributed by atoms with Crippen molar-refractivity contribution < 1.29 is 22.7 Å². The molecule has 2 fully saturated rings. The zero-order valence-corrected chi connectivity index (χ0v) is 16.6. The molecule has 1 N–H and O–H groups in total. The Labute approximate surface area is 160 Å². The predicted molar refractivity (Wildman–Crippen MR) is 99.9 cm³/mol. The second-order valence-corrected chi connectivity index (χ2v) is 8.67. The zero-order valence-electron chi connectivity index (χ0n) is 14.9. The zero-order chi connectivity index (χ0) is 18.0. The Bertz CT molecular complexity index is 744. The topological polar surface area (TPSA) is 84.9 Å². The van der Waals surface area contributed by atoms with Crippen LogP contribution in [0, 0.1) is 11.8 Å². The lowest BCUT2D eigenvalue weighted by Gasteiger charge is -2.17. The van der Waals surface area contributed by atoms with E-state index in [4.69, 9.17) is 9.47 Å². The molecule has 2 aliphatic heterocycles. The summed E-state index contributed by atoms with van der Waals surface area (Å²) >= 11 is 0. The number of sulfone groups is 1. The van der Waals surface area contributed by atoms with Gasteiger partial charge in [0.15, 0.2) is 21.3 Å². The standard InChI is InChI=1S/C17H24N2O5S.ClH/c1-23-15-4-3-14(7-16(15)24-2)25(21,22)6-5-17(20)19-10-12-8-18-9-13(12)11-19;/h3-4,7,12-13,18H,5-6,8-11H2,1-2H3;1H/t12-,13+;. The number of benzene rings is 1. The first kappa shape index (κ1) is 20.8. The number of hydrogen-bond donors (Lipinski definition) is 1. The minimum atomic E-state index is -3.56. The molecule has 1 aromatic carbocycles. The van der Waals surface area contributed by atoms with Gasteiger partial charge in [-0.3, -0.25) is 4.79 Å². The van der Waals surface area contributed by atoms with Crippen LogP contribution in [0.3, 0.4) is 0 Å². The second kappa shape index (κ2) is 8.45. The van der Waals surface area contributed by atoms with Crippen LogP contribution in [-0.2, 0) is 14.6 Å². The highest BCUT2D eigenvalue weighted by molar-refractivity contribution is 7.91. The van der Waals surface area contributed by atoms with Crippen LogP contribution in [0.2, 0.25) is 0 Å². The molecule has 0 aromatic heterocycles. The number of methoxy groups -OCH3 is 2. The molecule has 1 amide bonds. The Balaban J connectivity index is 0.00000243. The normalized spacial score (nSPS) is 21.8. The van der Waals surface area contributed by atoms with Gasteiger partial charge < -0.3 is 19.7 Å². The summed E-state index contributed by atoms with van der Waals surface area (Å²) in [5, 5.41) is 3.33. The molecule has 0 aliphatic carbocycles. The number of carbonyl (C=O) groups is 1. The van der Waals surface area contributed by atoms with E-state index in [0.717, 1.165) is 26.2 Å². The molecule has 2 atom stereocenters. The number of carbonyl (C=O) groups excluding carboxylic acids is 1. The van der Waals surface area contributed by atoms with Gasteiger partial charge in [-0.05, 0) is 24.0 Å². The summed E-state index contributed by atoms with van der Waals surface area (Å²) in [5.74, 6) is 1.55. The fraction of sp³-hybridized carbons (Fsp3) is 0.588. The van der Waals surface area contributed by atoms with Crippen molar-refractivity contribution in [1.29, 1.82) is 0 Å². The molecule has 2 aliphatic rings. The molecule has 2 saturated heterocycles. The maximum Gasteiger partial charge on any atom is 0.223 e. The van der Waals surface area contributed by atoms with Gasteiger partial charge in [0.1, 0.15) is 0 Å². The van der Waals surface area contributed by atoms with Crippen LogP contribution < -0.4 is 14.8 Å². The van der Waals surface area contributed by atoms with E-state index in [1.807, 2.05) is 0 Å². The average Bonchev–Trinajstić information content (AvgIpc) is 3.21. The first-order chi connectivity index (χ1) is 11.9. The summed E-state index contributed by atoms with van der Waals surface area (Å²) in [5.41, 5.74) is 0. The van der Waals surface area contributed by atoms with Gasteiger partial charge in [-0.15, -0.1) is 12.4 Å². The van der Waals surface area contributed by atoms with E-state index in [9.17, 15) is 13.2 Å². The van der Waals surface area contributed by atoms with Crippen LogP contribution in [0.5, 0.6) is 11.5 Å². The summed E-state index contributed by atoms with van der Waals surface area (Å²) in [7, 11) is -0.610. The fourth-order valence-corrected chi connectivity index (χ4v) is 4.81. The second-order valence-electron chi connectivity index (χ2n) is 6.56. The van der Waals surface area contributed by atoms with Gasteiger partial charge in [0.25, 0.3) is 0 Å².